The molecule has 1 aromatic heterocycles. The highest BCUT2D eigenvalue weighted by Gasteiger charge is 2.25. The van der Waals surface area contributed by atoms with E-state index in [2.05, 4.69) is 25.5 Å². The Hall–Kier alpha value is -0.330. The highest BCUT2D eigenvalue weighted by Crippen LogP contribution is 2.17. The van der Waals surface area contributed by atoms with Gasteiger partial charge in [-0.15, -0.1) is 0 Å². The van der Waals surface area contributed by atoms with E-state index in [4.69, 9.17) is 4.52 Å². The summed E-state index contributed by atoms with van der Waals surface area (Å²) >= 11 is 1.87. The smallest absolute Gasteiger partial charge is 0.183 e. The van der Waals surface area contributed by atoms with Crippen molar-refractivity contribution in [1.82, 2.24) is 5.16 Å². The second-order valence-corrected chi connectivity index (χ2v) is 6.39. The van der Waals surface area contributed by atoms with Gasteiger partial charge in [0.2, 0.25) is 0 Å². The van der Waals surface area contributed by atoms with Crippen LogP contribution in [0, 0.1) is 0 Å². The largest absolute Gasteiger partial charge is 0.591 e. The Morgan fingerprint density at radius 3 is 2.71 bits per heavy atom. The van der Waals surface area contributed by atoms with Crippen LogP contribution in [0.5, 0.6) is 0 Å². The van der Waals surface area contributed by atoms with E-state index in [0.717, 1.165) is 0 Å². The molecule has 0 spiro atoms. The van der Waals surface area contributed by atoms with Crippen LogP contribution in [0.2, 0.25) is 0 Å². The Kier molecular flexibility index (Phi) is 3.74. The fourth-order valence-electron chi connectivity index (χ4n) is 0.585. The molecule has 0 N–H and O–H groups in total. The summed E-state index contributed by atoms with van der Waals surface area (Å²) in [5.74, 6) is 0.481. The number of nitrogens with zero attached hydrogens (tertiary/aromatic N) is 2. The van der Waals surface area contributed by atoms with Gasteiger partial charge in [0, 0.05) is 6.07 Å². The van der Waals surface area contributed by atoms with Gasteiger partial charge in [0.15, 0.2) is 5.76 Å². The zero-order valence-electron chi connectivity index (χ0n) is 8.15. The number of aromatic nitrogens is 1. The Morgan fingerprint density at radius 2 is 2.29 bits per heavy atom. The van der Waals surface area contributed by atoms with Crippen LogP contribution < -0.4 is 0 Å². The molecule has 0 radical (unpaired) electrons. The third kappa shape index (κ3) is 3.43. The highest BCUT2D eigenvalue weighted by molar-refractivity contribution is 9.10. The fraction of sp³-hybridized carbons (Fsp3) is 0.500. The van der Waals surface area contributed by atoms with Gasteiger partial charge in [-0.1, -0.05) is 9.55 Å². The standard InChI is InChI=1S/C8H11BrN2O2S/c1-8(2,3)14(12)10-5-6-4-7(9)11-13-6/h4-5H,1-3H3. The van der Waals surface area contributed by atoms with E-state index < -0.39 is 11.4 Å². The van der Waals surface area contributed by atoms with E-state index in [-0.39, 0.29) is 4.75 Å². The summed E-state index contributed by atoms with van der Waals surface area (Å²) in [6, 6.07) is 1.66. The lowest BCUT2D eigenvalue weighted by Gasteiger charge is -2.17. The molecule has 1 unspecified atom stereocenters. The number of halogens is 1. The van der Waals surface area contributed by atoms with Crippen molar-refractivity contribution in [2.75, 3.05) is 0 Å². The van der Waals surface area contributed by atoms with E-state index in [1.165, 1.54) is 6.21 Å². The van der Waals surface area contributed by atoms with E-state index in [0.29, 0.717) is 10.4 Å². The summed E-state index contributed by atoms with van der Waals surface area (Å²) in [6.07, 6.45) is 1.42. The van der Waals surface area contributed by atoms with Gasteiger partial charge in [-0.3, -0.25) is 0 Å². The molecule has 14 heavy (non-hydrogen) atoms. The highest BCUT2D eigenvalue weighted by atomic mass is 79.9. The molecule has 0 amide bonds. The molecule has 1 heterocycles. The van der Waals surface area contributed by atoms with Gasteiger partial charge < -0.3 is 9.08 Å². The molecule has 6 heteroatoms. The molecule has 0 bridgehead atoms. The summed E-state index contributed by atoms with van der Waals surface area (Å²) in [7, 11) is 0. The summed E-state index contributed by atoms with van der Waals surface area (Å²) in [5, 5.41) is 3.61. The van der Waals surface area contributed by atoms with Crippen molar-refractivity contribution in [1.29, 1.82) is 0 Å². The van der Waals surface area contributed by atoms with Crippen molar-refractivity contribution in [3.8, 4) is 0 Å². The minimum absolute atomic E-state index is 0.353. The minimum atomic E-state index is -1.26. The first-order valence-electron chi connectivity index (χ1n) is 3.98. The van der Waals surface area contributed by atoms with Crippen molar-refractivity contribution in [2.24, 2.45) is 4.40 Å². The lowest BCUT2D eigenvalue weighted by atomic mass is 10.3. The van der Waals surface area contributed by atoms with Crippen LogP contribution in [0.4, 0.5) is 0 Å². The monoisotopic (exact) mass is 278 g/mol. The van der Waals surface area contributed by atoms with Gasteiger partial charge in [-0.2, -0.15) is 0 Å². The molecule has 0 saturated carbocycles. The molecule has 0 saturated heterocycles. The molecule has 1 rings (SSSR count). The van der Waals surface area contributed by atoms with Crippen molar-refractivity contribution >= 4 is 33.5 Å². The SMILES string of the molecule is CC(C)(C)[S+]([O-])N=Cc1cc(Br)no1. The van der Waals surface area contributed by atoms with Gasteiger partial charge in [0.05, 0.1) is 0 Å². The van der Waals surface area contributed by atoms with Crippen LogP contribution in [-0.4, -0.2) is 20.7 Å². The first kappa shape index (κ1) is 11.7. The summed E-state index contributed by atoms with van der Waals surface area (Å²) in [5.41, 5.74) is 0. The molecular formula is C8H11BrN2O2S. The Balaban J connectivity index is 2.65. The lowest BCUT2D eigenvalue weighted by molar-refractivity contribution is 0.411. The summed E-state index contributed by atoms with van der Waals surface area (Å²) in [6.45, 7) is 5.57. The zero-order chi connectivity index (χ0) is 10.8. The molecule has 0 aliphatic heterocycles. The van der Waals surface area contributed by atoms with Gasteiger partial charge in [0.1, 0.15) is 26.9 Å². The van der Waals surface area contributed by atoms with E-state index in [9.17, 15) is 4.55 Å². The average Bonchev–Trinajstić information content (AvgIpc) is 2.45. The van der Waals surface area contributed by atoms with Crippen molar-refractivity contribution < 1.29 is 9.08 Å². The summed E-state index contributed by atoms with van der Waals surface area (Å²) in [4.78, 5) is 0. The molecule has 0 aliphatic rings. The van der Waals surface area contributed by atoms with Crippen LogP contribution in [-0.2, 0) is 11.4 Å². The molecule has 0 fully saturated rings. The first-order chi connectivity index (χ1) is 6.39. The quantitative estimate of drug-likeness (QED) is 0.616. The van der Waals surface area contributed by atoms with E-state index in [1.54, 1.807) is 6.07 Å². The van der Waals surface area contributed by atoms with Crippen LogP contribution >= 0.6 is 15.9 Å². The van der Waals surface area contributed by atoms with Crippen molar-refractivity contribution in [2.45, 2.75) is 25.5 Å². The van der Waals surface area contributed by atoms with Crippen molar-refractivity contribution in [3.63, 3.8) is 0 Å². The number of hydrogen-bond acceptors (Lipinski definition) is 4. The fourth-order valence-corrected chi connectivity index (χ4v) is 1.40. The third-order valence-corrected chi connectivity index (χ3v) is 3.02. The zero-order valence-corrected chi connectivity index (χ0v) is 10.6. The number of hydrogen-bond donors (Lipinski definition) is 0. The van der Waals surface area contributed by atoms with Gasteiger partial charge >= 0.3 is 0 Å². The lowest BCUT2D eigenvalue weighted by Crippen LogP contribution is -2.25. The molecule has 1 atom stereocenters. The van der Waals surface area contributed by atoms with Crippen LogP contribution in [0.15, 0.2) is 19.6 Å². The maximum Gasteiger partial charge on any atom is 0.183 e. The molecule has 1 aromatic rings. The van der Waals surface area contributed by atoms with Gasteiger partial charge in [0.25, 0.3) is 0 Å². The topological polar surface area (TPSA) is 61.5 Å². The van der Waals surface area contributed by atoms with Gasteiger partial charge in [-0.05, 0) is 36.7 Å². The Labute approximate surface area is 94.2 Å². The Morgan fingerprint density at radius 1 is 1.64 bits per heavy atom. The van der Waals surface area contributed by atoms with E-state index in [1.807, 2.05) is 20.8 Å². The van der Waals surface area contributed by atoms with Crippen LogP contribution in [0.1, 0.15) is 26.5 Å². The van der Waals surface area contributed by atoms with Gasteiger partial charge in [-0.25, -0.2) is 0 Å². The summed E-state index contributed by atoms with van der Waals surface area (Å²) < 4.78 is 20.4. The molecular weight excluding hydrogens is 268 g/mol. The third-order valence-electron chi connectivity index (χ3n) is 1.30. The Bertz CT molecular complexity index is 332. The molecule has 78 valence electrons. The molecule has 4 nitrogen and oxygen atoms in total. The van der Waals surface area contributed by atoms with Crippen molar-refractivity contribution in [3.05, 3.63) is 16.4 Å². The number of rotatable bonds is 2. The molecule has 0 aliphatic carbocycles. The average molecular weight is 279 g/mol. The minimum Gasteiger partial charge on any atom is -0.591 e. The second kappa shape index (κ2) is 4.46. The predicted molar refractivity (Wildman–Crippen MR) is 59.7 cm³/mol. The second-order valence-electron chi connectivity index (χ2n) is 3.65. The first-order valence-corrected chi connectivity index (χ1v) is 5.88. The van der Waals surface area contributed by atoms with Crippen LogP contribution in [0.25, 0.3) is 0 Å². The predicted octanol–water partition coefficient (Wildman–Crippen LogP) is 2.32. The van der Waals surface area contributed by atoms with E-state index >= 15 is 0 Å². The maximum absolute atomic E-state index is 11.5. The molecule has 0 aromatic carbocycles. The maximum atomic E-state index is 11.5. The normalized spacial score (nSPS) is 14.9. The van der Waals surface area contributed by atoms with Crippen LogP contribution in [0.3, 0.4) is 0 Å².